The highest BCUT2D eigenvalue weighted by molar-refractivity contribution is 9.10. The highest BCUT2D eigenvalue weighted by Gasteiger charge is 2.45. The quantitative estimate of drug-likeness (QED) is 0.121. The fraction of sp³-hybridized carbons (Fsp3) is 0.419. The van der Waals surface area contributed by atoms with Crippen LogP contribution in [0.15, 0.2) is 66.8 Å². The predicted octanol–water partition coefficient (Wildman–Crippen LogP) is 7.19. The van der Waals surface area contributed by atoms with Crippen LogP contribution in [0.3, 0.4) is 0 Å². The van der Waals surface area contributed by atoms with Crippen LogP contribution in [0.2, 0.25) is 0 Å². The van der Waals surface area contributed by atoms with Crippen molar-refractivity contribution in [2.75, 3.05) is 12.4 Å². The van der Waals surface area contributed by atoms with Crippen molar-refractivity contribution in [3.8, 4) is 11.5 Å². The Bertz CT molecular complexity index is 2610. The Morgan fingerprint density at radius 3 is 2.54 bits per heavy atom. The van der Waals surface area contributed by atoms with E-state index < -0.39 is 52.8 Å². The molecule has 6 bridgehead atoms. The molecule has 14 heteroatoms. The summed E-state index contributed by atoms with van der Waals surface area (Å²) in [4.78, 5) is 60.3. The van der Waals surface area contributed by atoms with E-state index in [9.17, 15) is 19.5 Å². The fourth-order valence-electron chi connectivity index (χ4n) is 8.28. The molecule has 300 valence electrons. The van der Waals surface area contributed by atoms with E-state index >= 15 is 4.79 Å². The average molecular weight is 846 g/mol. The molecule has 57 heavy (non-hydrogen) atoms. The molecule has 4 aromatic rings. The van der Waals surface area contributed by atoms with Gasteiger partial charge in [0.1, 0.15) is 34.9 Å². The smallest absolute Gasteiger partial charge is 0.307 e. The van der Waals surface area contributed by atoms with E-state index in [-0.39, 0.29) is 73.0 Å². The summed E-state index contributed by atoms with van der Waals surface area (Å²) in [7, 11) is 1.54. The zero-order valence-corrected chi connectivity index (χ0v) is 34.6. The van der Waals surface area contributed by atoms with Crippen LogP contribution in [0, 0.1) is 24.7 Å². The lowest BCUT2D eigenvalue weighted by molar-refractivity contribution is -0.160. The third-order valence-electron chi connectivity index (χ3n) is 11.1. The number of benzene rings is 3. The molecule has 3 aliphatic heterocycles. The van der Waals surface area contributed by atoms with Crippen LogP contribution in [0.25, 0.3) is 38.7 Å². The first-order valence-electron chi connectivity index (χ1n) is 19.0. The Morgan fingerprint density at radius 1 is 1.09 bits per heavy atom. The summed E-state index contributed by atoms with van der Waals surface area (Å²) in [6.45, 7) is 12.3. The number of hydrogen-bond acceptors (Lipinski definition) is 12. The van der Waals surface area contributed by atoms with Gasteiger partial charge in [-0.15, -0.1) is 0 Å². The number of fused-ring (bicyclic) bond motifs is 8. The molecule has 0 aliphatic carbocycles. The Kier molecular flexibility index (Phi) is 10.7. The van der Waals surface area contributed by atoms with E-state index in [0.717, 1.165) is 0 Å². The number of rotatable bonds is 3. The number of nitrogens with zero attached hydrogens (tertiary/aromatic N) is 1. The number of allylic oxidation sites excluding steroid dienone is 3. The lowest BCUT2D eigenvalue weighted by Gasteiger charge is -2.37. The first-order chi connectivity index (χ1) is 27.1. The van der Waals surface area contributed by atoms with Gasteiger partial charge in [0.25, 0.3) is 5.91 Å². The van der Waals surface area contributed by atoms with Crippen LogP contribution < -0.4 is 30.9 Å². The van der Waals surface area contributed by atoms with E-state index in [2.05, 4.69) is 35.1 Å². The maximum Gasteiger partial charge on any atom is 0.307 e. The van der Waals surface area contributed by atoms with E-state index in [1.807, 2.05) is 13.0 Å². The Balaban J connectivity index is 1.70. The zero-order valence-electron chi connectivity index (χ0n) is 33.0. The van der Waals surface area contributed by atoms with Crippen molar-refractivity contribution >= 4 is 72.2 Å². The maximum absolute atomic E-state index is 15.3. The predicted molar refractivity (Wildman–Crippen MR) is 218 cm³/mol. The number of aliphatic hydroxyl groups excluding tert-OH is 1. The normalized spacial score (nSPS) is 28.5. The minimum atomic E-state index is -1.82. The summed E-state index contributed by atoms with van der Waals surface area (Å²) < 4.78 is 38.7. The van der Waals surface area contributed by atoms with Crippen LogP contribution >= 0.6 is 15.9 Å². The van der Waals surface area contributed by atoms with Crippen molar-refractivity contribution in [3.05, 3.63) is 84.0 Å². The number of ether oxygens (including phenoxy) is 5. The summed E-state index contributed by atoms with van der Waals surface area (Å²) in [6.07, 6.45) is 7.66. The minimum Gasteiger partial charge on any atom is -0.505 e. The van der Waals surface area contributed by atoms with E-state index in [1.54, 1.807) is 32.1 Å². The third kappa shape index (κ3) is 7.07. The zero-order chi connectivity index (χ0) is 41.1. The van der Waals surface area contributed by atoms with Gasteiger partial charge in [0, 0.05) is 53.9 Å². The second-order valence-corrected chi connectivity index (χ2v) is 16.3. The molecule has 2 N–H and O–H groups in total. The van der Waals surface area contributed by atoms with Gasteiger partial charge in [-0.1, -0.05) is 54.9 Å². The number of hydrogen-bond donors (Lipinski definition) is 2. The number of carbonyl (C=O) groups is 2. The van der Waals surface area contributed by atoms with Crippen molar-refractivity contribution in [3.63, 3.8) is 0 Å². The van der Waals surface area contributed by atoms with Crippen molar-refractivity contribution in [1.82, 2.24) is 4.98 Å². The van der Waals surface area contributed by atoms with Crippen molar-refractivity contribution in [2.24, 2.45) is 17.8 Å². The molecule has 3 unspecified atom stereocenters. The number of anilines is 1. The van der Waals surface area contributed by atoms with E-state index in [1.165, 1.54) is 39.4 Å². The van der Waals surface area contributed by atoms with Crippen LogP contribution in [0.5, 0.6) is 11.5 Å². The topological polar surface area (TPSA) is 173 Å². The lowest BCUT2D eigenvalue weighted by Crippen LogP contribution is -2.46. The molecule has 0 radical (unpaired) electrons. The number of amides is 1. The number of esters is 1. The monoisotopic (exact) mass is 844 g/mol. The van der Waals surface area contributed by atoms with Crippen molar-refractivity contribution in [2.45, 2.75) is 91.8 Å². The Hall–Kier alpha value is -5.21. The minimum absolute atomic E-state index is 0.00953. The van der Waals surface area contributed by atoms with E-state index in [0.29, 0.717) is 34.9 Å². The highest BCUT2D eigenvalue weighted by atomic mass is 79.9. The molecule has 7 atom stereocenters. The van der Waals surface area contributed by atoms with Gasteiger partial charge in [0.2, 0.25) is 10.9 Å². The first kappa shape index (κ1) is 40.0. The van der Waals surface area contributed by atoms with Crippen LogP contribution in [0.4, 0.5) is 5.69 Å². The van der Waals surface area contributed by atoms with Gasteiger partial charge < -0.3 is 38.5 Å². The van der Waals surface area contributed by atoms with Crippen LogP contribution in [-0.2, 0) is 23.8 Å². The SMILES string of the molecule is CC[C@H]1C(OC(C)=O)C2C[C@H](C)CC(C)/C=C/C=C(/C)C(=O)Nc3c(=O)c4c(c(C)c5c(c4c4nc6c(=O)cc(Br)cc6oc34)=C(O)[C@@](C)(O/C=C/[C@@H]1OC)O5)O2. The third-order valence-corrected chi connectivity index (χ3v) is 11.5. The molecule has 0 saturated heterocycles. The molecule has 7 rings (SSSR count). The van der Waals surface area contributed by atoms with Crippen LogP contribution in [0.1, 0.15) is 66.4 Å². The van der Waals surface area contributed by atoms with Crippen molar-refractivity contribution in [1.29, 1.82) is 0 Å². The highest BCUT2D eigenvalue weighted by Crippen LogP contribution is 2.44. The van der Waals surface area contributed by atoms with Gasteiger partial charge in [-0.05, 0) is 57.1 Å². The number of carbonyl (C=O) groups excluding carboxylic acids is 2. The summed E-state index contributed by atoms with van der Waals surface area (Å²) >= 11 is 3.34. The van der Waals surface area contributed by atoms with E-state index in [4.69, 9.17) is 33.1 Å². The van der Waals surface area contributed by atoms with Gasteiger partial charge in [0.05, 0.1) is 23.0 Å². The maximum atomic E-state index is 15.3. The molecule has 3 aliphatic rings. The number of nitrogens with one attached hydrogen (secondary N) is 1. The van der Waals surface area contributed by atoms with Crippen molar-refractivity contribution < 1.29 is 42.8 Å². The largest absolute Gasteiger partial charge is 0.505 e. The average Bonchev–Trinajstić information content (AvgIpc) is 3.41. The van der Waals surface area contributed by atoms with Gasteiger partial charge in [-0.3, -0.25) is 19.2 Å². The molecule has 4 heterocycles. The van der Waals surface area contributed by atoms with Gasteiger partial charge in [-0.25, -0.2) is 4.98 Å². The number of methoxy groups -OCH3 is 1. The standard InChI is InChI=1S/C43H45BrN2O11/c1-9-25-27(52-8)13-14-53-43(7)41(50)32-30-31-36(49)35(40-34(30)45-33-26(48)17-24(44)18-28(33)55-40)46-42(51)21(4)12-10-11-19(2)15-20(3)16-29(39(25)54-23(6)47)56-37(31)22(5)38(32)57-43/h10-14,17-20,25,27,29,39,50H,9,15-16H2,1-8H3,(H,46,51)/b11-10+,14-13+,21-12-/t19?,20-,25-,27+,29?,39?,43+/m1/s1. The number of aromatic nitrogens is 1. The Morgan fingerprint density at radius 2 is 1.84 bits per heavy atom. The summed E-state index contributed by atoms with van der Waals surface area (Å²) in [5, 5.41) is 15.0. The molecular formula is C43H45BrN2O11. The molecule has 0 saturated carbocycles. The van der Waals surface area contributed by atoms with Gasteiger partial charge >= 0.3 is 11.8 Å². The molecule has 1 amide bonds. The molecule has 13 nitrogen and oxygen atoms in total. The van der Waals surface area contributed by atoms with Crippen LogP contribution in [-0.4, -0.2) is 53.2 Å². The summed E-state index contributed by atoms with van der Waals surface area (Å²) in [5.41, 5.74) is -1.03. The molecular weight excluding hydrogens is 800 g/mol. The number of aliphatic hydroxyl groups is 1. The van der Waals surface area contributed by atoms with Gasteiger partial charge in [-0.2, -0.15) is 0 Å². The summed E-state index contributed by atoms with van der Waals surface area (Å²) in [5.74, 6) is -3.56. The second kappa shape index (κ2) is 15.3. The first-order valence-corrected chi connectivity index (χ1v) is 19.8. The second-order valence-electron chi connectivity index (χ2n) is 15.3. The summed E-state index contributed by atoms with van der Waals surface area (Å²) in [6, 6.07) is 2.87. The molecule has 0 fully saturated rings. The molecule has 3 aromatic carbocycles. The lowest BCUT2D eigenvalue weighted by atomic mass is 9.84. The molecule has 0 spiro atoms. The fourth-order valence-corrected chi connectivity index (χ4v) is 8.70. The number of halogens is 1. The van der Waals surface area contributed by atoms with Gasteiger partial charge in [0.15, 0.2) is 22.4 Å². The Labute approximate surface area is 336 Å². The molecule has 1 aromatic heterocycles.